The summed E-state index contributed by atoms with van der Waals surface area (Å²) >= 11 is 9.99. The molecule has 0 radical (unpaired) electrons. The van der Waals surface area contributed by atoms with Crippen LogP contribution in [0.5, 0.6) is 0 Å². The van der Waals surface area contributed by atoms with E-state index in [4.69, 9.17) is 11.6 Å². The van der Waals surface area contributed by atoms with Gasteiger partial charge in [-0.1, -0.05) is 39.7 Å². The standard InChI is InChI=1S/C18H20BrCl/c1-10-11(2)13(4)17(14(5)12(10)3)18(19)15-7-6-8-16(20)9-15/h6-9,18H,1-5H3. The van der Waals surface area contributed by atoms with Crippen LogP contribution in [-0.2, 0) is 0 Å². The van der Waals surface area contributed by atoms with Gasteiger partial charge in [-0.2, -0.15) is 0 Å². The van der Waals surface area contributed by atoms with Gasteiger partial charge in [-0.15, -0.1) is 0 Å². The van der Waals surface area contributed by atoms with Crippen molar-refractivity contribution in [3.63, 3.8) is 0 Å². The Morgan fingerprint density at radius 2 is 1.35 bits per heavy atom. The lowest BCUT2D eigenvalue weighted by Gasteiger charge is -2.22. The molecular formula is C18H20BrCl. The molecule has 0 aliphatic carbocycles. The van der Waals surface area contributed by atoms with Crippen LogP contribution in [0.3, 0.4) is 0 Å². The van der Waals surface area contributed by atoms with E-state index in [1.54, 1.807) is 0 Å². The summed E-state index contributed by atoms with van der Waals surface area (Å²) in [5.41, 5.74) is 9.47. The van der Waals surface area contributed by atoms with Gasteiger partial charge in [0.15, 0.2) is 0 Å². The van der Waals surface area contributed by atoms with Gasteiger partial charge in [0.25, 0.3) is 0 Å². The van der Waals surface area contributed by atoms with Crippen LogP contribution in [0, 0.1) is 34.6 Å². The Kier molecular flexibility index (Phi) is 4.61. The third-order valence-electron chi connectivity index (χ3n) is 4.45. The van der Waals surface area contributed by atoms with E-state index >= 15 is 0 Å². The summed E-state index contributed by atoms with van der Waals surface area (Å²) in [6.07, 6.45) is 0. The van der Waals surface area contributed by atoms with Gasteiger partial charge in [-0.3, -0.25) is 0 Å². The first-order valence-electron chi connectivity index (χ1n) is 6.81. The number of hydrogen-bond acceptors (Lipinski definition) is 0. The van der Waals surface area contributed by atoms with Crippen molar-refractivity contribution < 1.29 is 0 Å². The summed E-state index contributed by atoms with van der Waals surface area (Å²) < 4.78 is 0. The Hall–Kier alpha value is -0.790. The molecular weight excluding hydrogens is 332 g/mol. The highest BCUT2D eigenvalue weighted by molar-refractivity contribution is 9.09. The summed E-state index contributed by atoms with van der Waals surface area (Å²) in [7, 11) is 0. The predicted octanol–water partition coefficient (Wildman–Crippen LogP) is 6.37. The highest BCUT2D eigenvalue weighted by Crippen LogP contribution is 2.39. The van der Waals surface area contributed by atoms with E-state index in [0.717, 1.165) is 5.02 Å². The Balaban J connectivity index is 2.64. The highest BCUT2D eigenvalue weighted by atomic mass is 79.9. The van der Waals surface area contributed by atoms with Crippen LogP contribution in [0.2, 0.25) is 5.02 Å². The SMILES string of the molecule is Cc1c(C)c(C)c(C(Br)c2cccc(Cl)c2)c(C)c1C. The maximum absolute atomic E-state index is 6.12. The van der Waals surface area contributed by atoms with Gasteiger partial charge in [0.05, 0.1) is 4.83 Å². The van der Waals surface area contributed by atoms with Gasteiger partial charge in [-0.25, -0.2) is 0 Å². The third-order valence-corrected chi connectivity index (χ3v) is 5.67. The summed E-state index contributed by atoms with van der Waals surface area (Å²) in [5, 5.41) is 0.780. The zero-order valence-electron chi connectivity index (χ0n) is 12.6. The molecule has 2 aromatic carbocycles. The Labute approximate surface area is 135 Å². The van der Waals surface area contributed by atoms with E-state index in [0.29, 0.717) is 0 Å². The van der Waals surface area contributed by atoms with E-state index in [9.17, 15) is 0 Å². The number of rotatable bonds is 2. The Morgan fingerprint density at radius 1 is 0.850 bits per heavy atom. The van der Waals surface area contributed by atoms with Crippen molar-refractivity contribution in [3.05, 3.63) is 68.2 Å². The zero-order chi connectivity index (χ0) is 15.0. The lowest BCUT2D eigenvalue weighted by atomic mass is 9.87. The van der Waals surface area contributed by atoms with Gasteiger partial charge >= 0.3 is 0 Å². The molecule has 2 rings (SSSR count). The molecule has 0 fully saturated rings. The van der Waals surface area contributed by atoms with Gasteiger partial charge in [0, 0.05) is 5.02 Å². The van der Waals surface area contributed by atoms with Crippen molar-refractivity contribution >= 4 is 27.5 Å². The number of hydrogen-bond donors (Lipinski definition) is 0. The molecule has 0 aliphatic heterocycles. The van der Waals surface area contributed by atoms with Crippen molar-refractivity contribution in [2.24, 2.45) is 0 Å². The summed E-state index contributed by atoms with van der Waals surface area (Å²) in [5.74, 6) is 0. The second-order valence-electron chi connectivity index (χ2n) is 5.46. The minimum atomic E-state index is 0.180. The number of halogens is 2. The van der Waals surface area contributed by atoms with E-state index in [1.165, 1.54) is 38.9 Å². The normalized spacial score (nSPS) is 12.6. The fraction of sp³-hybridized carbons (Fsp3) is 0.333. The van der Waals surface area contributed by atoms with Gasteiger partial charge < -0.3 is 0 Å². The van der Waals surface area contributed by atoms with Gasteiger partial charge in [-0.05, 0) is 85.7 Å². The van der Waals surface area contributed by atoms with E-state index < -0.39 is 0 Å². The summed E-state index contributed by atoms with van der Waals surface area (Å²) in [6.45, 7) is 11.0. The molecule has 1 unspecified atom stereocenters. The molecule has 0 amide bonds. The topological polar surface area (TPSA) is 0 Å². The molecule has 20 heavy (non-hydrogen) atoms. The minimum Gasteiger partial charge on any atom is -0.0843 e. The fourth-order valence-corrected chi connectivity index (χ4v) is 3.91. The maximum Gasteiger partial charge on any atom is 0.0650 e. The van der Waals surface area contributed by atoms with Crippen LogP contribution in [0.15, 0.2) is 24.3 Å². The number of benzene rings is 2. The molecule has 0 saturated heterocycles. The van der Waals surface area contributed by atoms with E-state index in [2.05, 4.69) is 56.6 Å². The molecule has 0 spiro atoms. The lowest BCUT2D eigenvalue weighted by molar-refractivity contribution is 1.06. The van der Waals surface area contributed by atoms with Crippen molar-refractivity contribution in [1.82, 2.24) is 0 Å². The molecule has 0 heterocycles. The van der Waals surface area contributed by atoms with Gasteiger partial charge in [0.2, 0.25) is 0 Å². The molecule has 106 valence electrons. The molecule has 2 aromatic rings. The first kappa shape index (κ1) is 15.6. The molecule has 0 aromatic heterocycles. The summed E-state index contributed by atoms with van der Waals surface area (Å²) in [4.78, 5) is 0.180. The Bertz CT molecular complexity index is 630. The van der Waals surface area contributed by atoms with Crippen LogP contribution in [0.1, 0.15) is 43.8 Å². The average molecular weight is 352 g/mol. The van der Waals surface area contributed by atoms with Crippen LogP contribution < -0.4 is 0 Å². The predicted molar refractivity (Wildman–Crippen MR) is 92.3 cm³/mol. The fourth-order valence-electron chi connectivity index (χ4n) is 2.74. The molecule has 0 saturated carbocycles. The highest BCUT2D eigenvalue weighted by Gasteiger charge is 2.19. The van der Waals surface area contributed by atoms with Crippen molar-refractivity contribution in [2.75, 3.05) is 0 Å². The molecule has 0 N–H and O–H groups in total. The first-order valence-corrected chi connectivity index (χ1v) is 8.10. The molecule has 0 bridgehead atoms. The van der Waals surface area contributed by atoms with Crippen molar-refractivity contribution in [1.29, 1.82) is 0 Å². The lowest BCUT2D eigenvalue weighted by Crippen LogP contribution is -2.05. The van der Waals surface area contributed by atoms with Crippen LogP contribution in [0.25, 0.3) is 0 Å². The molecule has 1 atom stereocenters. The summed E-state index contributed by atoms with van der Waals surface area (Å²) in [6, 6.07) is 8.07. The second kappa shape index (κ2) is 5.91. The zero-order valence-corrected chi connectivity index (χ0v) is 15.0. The van der Waals surface area contributed by atoms with Crippen LogP contribution in [0.4, 0.5) is 0 Å². The second-order valence-corrected chi connectivity index (χ2v) is 6.81. The maximum atomic E-state index is 6.12. The van der Waals surface area contributed by atoms with E-state index in [-0.39, 0.29) is 4.83 Å². The smallest absolute Gasteiger partial charge is 0.0650 e. The van der Waals surface area contributed by atoms with E-state index in [1.807, 2.05) is 18.2 Å². The monoisotopic (exact) mass is 350 g/mol. The number of alkyl halides is 1. The third kappa shape index (κ3) is 2.66. The first-order chi connectivity index (χ1) is 9.34. The average Bonchev–Trinajstić information content (AvgIpc) is 2.43. The van der Waals surface area contributed by atoms with Crippen LogP contribution >= 0.6 is 27.5 Å². The minimum absolute atomic E-state index is 0.180. The molecule has 0 nitrogen and oxygen atoms in total. The van der Waals surface area contributed by atoms with Crippen LogP contribution in [-0.4, -0.2) is 0 Å². The largest absolute Gasteiger partial charge is 0.0843 e. The Morgan fingerprint density at radius 3 is 1.85 bits per heavy atom. The van der Waals surface area contributed by atoms with Crippen molar-refractivity contribution in [3.8, 4) is 0 Å². The molecule has 0 aliphatic rings. The van der Waals surface area contributed by atoms with Crippen molar-refractivity contribution in [2.45, 2.75) is 39.4 Å². The quantitative estimate of drug-likeness (QED) is 0.552. The molecule has 2 heteroatoms. The van der Waals surface area contributed by atoms with Gasteiger partial charge in [0.1, 0.15) is 0 Å².